The van der Waals surface area contributed by atoms with Gasteiger partial charge in [0.25, 0.3) is 5.91 Å². The van der Waals surface area contributed by atoms with Crippen molar-refractivity contribution in [2.45, 2.75) is 26.4 Å². The highest BCUT2D eigenvalue weighted by Crippen LogP contribution is 2.35. The smallest absolute Gasteiger partial charge is 0.266 e. The molecular weight excluding hydrogens is 428 g/mol. The zero-order chi connectivity index (χ0) is 22.0. The topological polar surface area (TPSA) is 41.9 Å². The lowest BCUT2D eigenvalue weighted by Gasteiger charge is -2.14. The number of aliphatic imine (C=N–C) groups is 1. The third kappa shape index (κ3) is 4.78. The molecule has 0 aromatic heterocycles. The number of hydrogen-bond donors (Lipinski definition) is 0. The van der Waals surface area contributed by atoms with Crippen LogP contribution in [0.3, 0.4) is 0 Å². The Kier molecular flexibility index (Phi) is 6.35. The lowest BCUT2D eigenvalue weighted by atomic mass is 10.1. The van der Waals surface area contributed by atoms with E-state index in [1.807, 2.05) is 61.5 Å². The zero-order valence-corrected chi connectivity index (χ0v) is 19.2. The minimum atomic E-state index is -0.0828. The molecule has 0 aliphatic carbocycles. The fourth-order valence-electron chi connectivity index (χ4n) is 3.16. The van der Waals surface area contributed by atoms with E-state index in [0.29, 0.717) is 20.8 Å². The Morgan fingerprint density at radius 1 is 1.13 bits per heavy atom. The molecule has 4 nitrogen and oxygen atoms in total. The molecule has 1 amide bonds. The highest BCUT2D eigenvalue weighted by molar-refractivity contribution is 8.18. The van der Waals surface area contributed by atoms with E-state index >= 15 is 0 Å². The van der Waals surface area contributed by atoms with Gasteiger partial charge in [-0.25, -0.2) is 4.99 Å². The summed E-state index contributed by atoms with van der Waals surface area (Å²) < 4.78 is 5.82. The summed E-state index contributed by atoms with van der Waals surface area (Å²) in [5.74, 6) is 0.569. The lowest BCUT2D eigenvalue weighted by molar-refractivity contribution is -0.121. The maximum atomic E-state index is 12.8. The fraction of sp³-hybridized carbons (Fsp3) is 0.200. The number of amidine groups is 1. The number of thioether (sulfide) groups is 1. The number of nitrogens with zero attached hydrogens (tertiary/aromatic N) is 2. The van der Waals surface area contributed by atoms with Crippen molar-refractivity contribution >= 4 is 57.0 Å². The number of ether oxygens (including phenoxy) is 1. The Morgan fingerprint density at radius 2 is 1.90 bits per heavy atom. The molecule has 1 aliphatic rings. The Labute approximate surface area is 191 Å². The molecule has 0 radical (unpaired) electrons. The van der Waals surface area contributed by atoms with Gasteiger partial charge < -0.3 is 4.74 Å². The molecule has 158 valence electrons. The SMILES string of the molecule is CC[C@@H](C)Oc1ccc(/C=C2\SC(=Nc3ccc4ccccc4c3)N(C)C2=O)cc1Cl. The van der Waals surface area contributed by atoms with E-state index in [9.17, 15) is 4.79 Å². The normalized spacial score (nSPS) is 17.7. The maximum Gasteiger partial charge on any atom is 0.266 e. The van der Waals surface area contributed by atoms with Crippen LogP contribution in [0.5, 0.6) is 5.75 Å². The van der Waals surface area contributed by atoms with E-state index in [2.05, 4.69) is 19.1 Å². The minimum Gasteiger partial charge on any atom is -0.489 e. The van der Waals surface area contributed by atoms with Gasteiger partial charge in [-0.3, -0.25) is 9.69 Å². The molecule has 1 aliphatic heterocycles. The molecule has 4 rings (SSSR count). The number of rotatable bonds is 5. The molecule has 0 N–H and O–H groups in total. The van der Waals surface area contributed by atoms with E-state index in [1.54, 1.807) is 11.9 Å². The van der Waals surface area contributed by atoms with Crippen molar-refractivity contribution in [2.24, 2.45) is 4.99 Å². The fourth-order valence-corrected chi connectivity index (χ4v) is 4.38. The predicted molar refractivity (Wildman–Crippen MR) is 131 cm³/mol. The van der Waals surface area contributed by atoms with Crippen molar-refractivity contribution in [3.63, 3.8) is 0 Å². The van der Waals surface area contributed by atoms with Crippen molar-refractivity contribution < 1.29 is 9.53 Å². The average molecular weight is 451 g/mol. The third-order valence-electron chi connectivity index (χ3n) is 5.12. The second-order valence-electron chi connectivity index (χ2n) is 7.43. The minimum absolute atomic E-state index is 0.0828. The molecule has 3 aromatic carbocycles. The number of likely N-dealkylation sites (N-methyl/N-ethyl adjacent to an activating group) is 1. The molecule has 1 fully saturated rings. The van der Waals surface area contributed by atoms with Gasteiger partial charge in [0.05, 0.1) is 21.7 Å². The van der Waals surface area contributed by atoms with Crippen LogP contribution in [0.25, 0.3) is 16.8 Å². The second-order valence-corrected chi connectivity index (χ2v) is 8.84. The Balaban J connectivity index is 1.58. The largest absolute Gasteiger partial charge is 0.489 e. The maximum absolute atomic E-state index is 12.8. The van der Waals surface area contributed by atoms with Crippen LogP contribution in [0.15, 0.2) is 70.6 Å². The number of carbonyl (C=O) groups is 1. The number of benzene rings is 3. The molecule has 0 spiro atoms. The standard InChI is InChI=1S/C25H23ClN2O2S/c1-4-16(2)30-22-12-9-17(13-21(22)26)14-23-24(29)28(3)25(31-23)27-20-11-10-18-7-5-6-8-19(18)15-20/h5-16H,4H2,1-3H3/b23-14-,27-25?/t16-/m1/s1. The van der Waals surface area contributed by atoms with Crippen LogP contribution >= 0.6 is 23.4 Å². The predicted octanol–water partition coefficient (Wildman–Crippen LogP) is 6.90. The molecule has 1 saturated heterocycles. The Bertz CT molecular complexity index is 1210. The average Bonchev–Trinajstić information content (AvgIpc) is 3.03. The van der Waals surface area contributed by atoms with Gasteiger partial charge in [-0.05, 0) is 71.8 Å². The van der Waals surface area contributed by atoms with E-state index in [0.717, 1.165) is 28.4 Å². The summed E-state index contributed by atoms with van der Waals surface area (Å²) >= 11 is 7.74. The first-order chi connectivity index (χ1) is 14.9. The number of halogens is 1. The molecular formula is C25H23ClN2O2S. The van der Waals surface area contributed by atoms with Crippen LogP contribution in [0, 0.1) is 0 Å². The van der Waals surface area contributed by atoms with Gasteiger partial charge in [0.1, 0.15) is 5.75 Å². The van der Waals surface area contributed by atoms with Gasteiger partial charge in [0, 0.05) is 7.05 Å². The molecule has 3 aromatic rings. The van der Waals surface area contributed by atoms with Crippen LogP contribution in [-0.2, 0) is 4.79 Å². The summed E-state index contributed by atoms with van der Waals surface area (Å²) in [6.07, 6.45) is 2.83. The van der Waals surface area contributed by atoms with E-state index in [4.69, 9.17) is 21.3 Å². The van der Waals surface area contributed by atoms with E-state index in [-0.39, 0.29) is 12.0 Å². The summed E-state index contributed by atoms with van der Waals surface area (Å²) in [5, 5.41) is 3.46. The first-order valence-electron chi connectivity index (χ1n) is 10.2. The molecule has 0 saturated carbocycles. The van der Waals surface area contributed by atoms with Gasteiger partial charge in [0.2, 0.25) is 0 Å². The first kappa shape index (κ1) is 21.5. The number of hydrogen-bond acceptors (Lipinski definition) is 4. The molecule has 31 heavy (non-hydrogen) atoms. The summed E-state index contributed by atoms with van der Waals surface area (Å²) in [4.78, 5) is 19.6. The van der Waals surface area contributed by atoms with Crippen molar-refractivity contribution in [3.05, 3.63) is 76.2 Å². The molecule has 0 unspecified atom stereocenters. The summed E-state index contributed by atoms with van der Waals surface area (Å²) in [5.41, 5.74) is 1.66. The number of amides is 1. The first-order valence-corrected chi connectivity index (χ1v) is 11.4. The van der Waals surface area contributed by atoms with Gasteiger partial charge in [-0.2, -0.15) is 0 Å². The third-order valence-corrected chi connectivity index (χ3v) is 6.47. The van der Waals surface area contributed by atoms with Gasteiger partial charge in [-0.1, -0.05) is 54.9 Å². The quantitative estimate of drug-likeness (QED) is 0.397. The molecule has 1 heterocycles. The van der Waals surface area contributed by atoms with Crippen molar-refractivity contribution in [2.75, 3.05) is 7.05 Å². The summed E-state index contributed by atoms with van der Waals surface area (Å²) in [6.45, 7) is 4.07. The van der Waals surface area contributed by atoms with Crippen LogP contribution in [-0.4, -0.2) is 29.1 Å². The van der Waals surface area contributed by atoms with Gasteiger partial charge in [0.15, 0.2) is 5.17 Å². The summed E-state index contributed by atoms with van der Waals surface area (Å²) in [6, 6.07) is 19.7. The molecule has 0 bridgehead atoms. The van der Waals surface area contributed by atoms with Crippen LogP contribution < -0.4 is 4.74 Å². The number of fused-ring (bicyclic) bond motifs is 1. The number of carbonyl (C=O) groups excluding carboxylic acids is 1. The Morgan fingerprint density at radius 3 is 2.65 bits per heavy atom. The highest BCUT2D eigenvalue weighted by Gasteiger charge is 2.30. The van der Waals surface area contributed by atoms with E-state index in [1.165, 1.54) is 11.8 Å². The van der Waals surface area contributed by atoms with Gasteiger partial charge in [-0.15, -0.1) is 0 Å². The summed E-state index contributed by atoms with van der Waals surface area (Å²) in [7, 11) is 1.74. The molecule has 1 atom stereocenters. The van der Waals surface area contributed by atoms with Crippen LogP contribution in [0.4, 0.5) is 5.69 Å². The molecule has 6 heteroatoms. The van der Waals surface area contributed by atoms with Crippen molar-refractivity contribution in [3.8, 4) is 5.75 Å². The van der Waals surface area contributed by atoms with Gasteiger partial charge >= 0.3 is 0 Å². The van der Waals surface area contributed by atoms with E-state index < -0.39 is 0 Å². The zero-order valence-electron chi connectivity index (χ0n) is 17.6. The van der Waals surface area contributed by atoms with Crippen molar-refractivity contribution in [1.29, 1.82) is 0 Å². The second kappa shape index (κ2) is 9.16. The lowest BCUT2D eigenvalue weighted by Crippen LogP contribution is -2.23. The highest BCUT2D eigenvalue weighted by atomic mass is 35.5. The van der Waals surface area contributed by atoms with Crippen LogP contribution in [0.2, 0.25) is 5.02 Å². The monoisotopic (exact) mass is 450 g/mol. The van der Waals surface area contributed by atoms with Crippen molar-refractivity contribution in [1.82, 2.24) is 4.90 Å². The Hall–Kier alpha value is -2.76. The van der Waals surface area contributed by atoms with Crippen LogP contribution in [0.1, 0.15) is 25.8 Å².